The summed E-state index contributed by atoms with van der Waals surface area (Å²) in [4.78, 5) is 13.6. The predicted molar refractivity (Wildman–Crippen MR) is 103 cm³/mol. The number of nitrogens with zero attached hydrogens (tertiary/aromatic N) is 1. The van der Waals surface area contributed by atoms with Crippen LogP contribution in [0.5, 0.6) is 0 Å². The Kier molecular flexibility index (Phi) is 4.97. The van der Waals surface area contributed by atoms with Crippen LogP contribution in [0.2, 0.25) is 0 Å². The van der Waals surface area contributed by atoms with Gasteiger partial charge in [0.15, 0.2) is 0 Å². The number of anilines is 1. The third-order valence-electron chi connectivity index (χ3n) is 4.16. The van der Waals surface area contributed by atoms with Crippen LogP contribution in [0.15, 0.2) is 54.6 Å². The molecule has 0 radical (unpaired) electrons. The van der Waals surface area contributed by atoms with Crippen LogP contribution in [0.25, 0.3) is 11.1 Å². The molecule has 0 aliphatic rings. The van der Waals surface area contributed by atoms with Crippen molar-refractivity contribution in [3.63, 3.8) is 0 Å². The van der Waals surface area contributed by atoms with Crippen molar-refractivity contribution in [3.8, 4) is 17.2 Å². The van der Waals surface area contributed by atoms with Crippen molar-refractivity contribution in [1.29, 1.82) is 5.26 Å². The lowest BCUT2D eigenvalue weighted by atomic mass is 10.0. The Labute approximate surface area is 151 Å². The zero-order valence-electron chi connectivity index (χ0n) is 14.2. The quantitative estimate of drug-likeness (QED) is 0.686. The molecule has 2 aromatic carbocycles. The molecule has 3 rings (SSSR count). The topological polar surface area (TPSA) is 52.9 Å². The van der Waals surface area contributed by atoms with E-state index in [4.69, 9.17) is 0 Å². The van der Waals surface area contributed by atoms with Crippen LogP contribution in [0.3, 0.4) is 0 Å². The predicted octanol–water partition coefficient (Wildman–Crippen LogP) is 5.41. The van der Waals surface area contributed by atoms with Gasteiger partial charge in [-0.2, -0.15) is 5.26 Å². The Morgan fingerprint density at radius 3 is 2.32 bits per heavy atom. The maximum absolute atomic E-state index is 12.5. The molecule has 0 saturated carbocycles. The van der Waals surface area contributed by atoms with E-state index < -0.39 is 0 Å². The number of amides is 1. The standard InChI is InChI=1S/C21H18N2OS/c1-3-18-14(2)25-21(19(18)13-22)23-20(24)17-11-9-16(10-12-17)15-7-5-4-6-8-15/h4-12H,3H2,1-2H3,(H,23,24). The third-order valence-corrected chi connectivity index (χ3v) is 5.22. The van der Waals surface area contributed by atoms with Crippen molar-refractivity contribution in [2.24, 2.45) is 0 Å². The zero-order valence-corrected chi connectivity index (χ0v) is 15.0. The van der Waals surface area contributed by atoms with E-state index in [2.05, 4.69) is 11.4 Å². The van der Waals surface area contributed by atoms with Crippen LogP contribution in [-0.2, 0) is 6.42 Å². The van der Waals surface area contributed by atoms with Gasteiger partial charge in [-0.3, -0.25) is 4.79 Å². The van der Waals surface area contributed by atoms with Crippen LogP contribution < -0.4 is 5.32 Å². The molecule has 1 amide bonds. The normalized spacial score (nSPS) is 10.3. The number of aryl methyl sites for hydroxylation is 1. The SMILES string of the molecule is CCc1c(C)sc(NC(=O)c2ccc(-c3ccccc3)cc2)c1C#N. The molecule has 1 aromatic heterocycles. The summed E-state index contributed by atoms with van der Waals surface area (Å²) in [5.41, 5.74) is 4.35. The second-order valence-electron chi connectivity index (χ2n) is 5.70. The average Bonchev–Trinajstić information content (AvgIpc) is 2.96. The van der Waals surface area contributed by atoms with Crippen molar-refractivity contribution in [3.05, 3.63) is 76.2 Å². The van der Waals surface area contributed by atoms with Crippen molar-refractivity contribution in [2.45, 2.75) is 20.3 Å². The maximum atomic E-state index is 12.5. The van der Waals surface area contributed by atoms with E-state index in [9.17, 15) is 10.1 Å². The molecule has 3 aromatic rings. The Balaban J connectivity index is 1.82. The molecule has 124 valence electrons. The lowest BCUT2D eigenvalue weighted by Gasteiger charge is -2.06. The highest BCUT2D eigenvalue weighted by Gasteiger charge is 2.17. The first-order valence-electron chi connectivity index (χ1n) is 8.13. The molecule has 0 saturated heterocycles. The second-order valence-corrected chi connectivity index (χ2v) is 6.93. The van der Waals surface area contributed by atoms with Crippen LogP contribution in [-0.4, -0.2) is 5.91 Å². The number of carbonyl (C=O) groups is 1. The molecule has 0 aliphatic carbocycles. The first-order chi connectivity index (χ1) is 12.1. The van der Waals surface area contributed by atoms with Crippen molar-refractivity contribution < 1.29 is 4.79 Å². The van der Waals surface area contributed by atoms with Gasteiger partial charge in [-0.1, -0.05) is 49.4 Å². The van der Waals surface area contributed by atoms with Crippen LogP contribution >= 0.6 is 11.3 Å². The van der Waals surface area contributed by atoms with Crippen molar-refractivity contribution in [2.75, 3.05) is 5.32 Å². The lowest BCUT2D eigenvalue weighted by molar-refractivity contribution is 0.102. The minimum absolute atomic E-state index is 0.194. The summed E-state index contributed by atoms with van der Waals surface area (Å²) in [6.07, 6.45) is 0.785. The van der Waals surface area contributed by atoms with Gasteiger partial charge in [0.25, 0.3) is 5.91 Å². The molecule has 1 N–H and O–H groups in total. The molecule has 0 fully saturated rings. The molecule has 0 aliphatic heterocycles. The lowest BCUT2D eigenvalue weighted by Crippen LogP contribution is -2.11. The summed E-state index contributed by atoms with van der Waals surface area (Å²) >= 11 is 1.46. The Hall–Kier alpha value is -2.90. The number of nitriles is 1. The van der Waals surface area contributed by atoms with Gasteiger partial charge in [0, 0.05) is 10.4 Å². The van der Waals surface area contributed by atoms with E-state index in [0.29, 0.717) is 16.1 Å². The summed E-state index contributed by atoms with van der Waals surface area (Å²) in [6, 6.07) is 19.7. The second kappa shape index (κ2) is 7.33. The molecule has 0 spiro atoms. The van der Waals surface area contributed by atoms with Crippen LogP contribution in [0.1, 0.15) is 33.3 Å². The fourth-order valence-electron chi connectivity index (χ4n) is 2.83. The fraction of sp³-hybridized carbons (Fsp3) is 0.143. The van der Waals surface area contributed by atoms with Gasteiger partial charge in [-0.05, 0) is 42.2 Å². The highest BCUT2D eigenvalue weighted by Crippen LogP contribution is 2.33. The van der Waals surface area contributed by atoms with E-state index in [0.717, 1.165) is 28.0 Å². The molecule has 4 heteroatoms. The minimum Gasteiger partial charge on any atom is -0.312 e. The van der Waals surface area contributed by atoms with Gasteiger partial charge < -0.3 is 5.32 Å². The van der Waals surface area contributed by atoms with E-state index in [1.807, 2.05) is 68.4 Å². The molecule has 0 atom stereocenters. The molecule has 1 heterocycles. The van der Waals surface area contributed by atoms with Crippen molar-refractivity contribution in [1.82, 2.24) is 0 Å². The maximum Gasteiger partial charge on any atom is 0.256 e. The summed E-state index contributed by atoms with van der Waals surface area (Å²) in [6.45, 7) is 4.00. The molecule has 0 unspecified atom stereocenters. The van der Waals surface area contributed by atoms with Gasteiger partial charge in [-0.15, -0.1) is 11.3 Å². The first-order valence-corrected chi connectivity index (χ1v) is 8.95. The Morgan fingerprint density at radius 1 is 1.08 bits per heavy atom. The van der Waals surface area contributed by atoms with Crippen LogP contribution in [0, 0.1) is 18.3 Å². The number of carbonyl (C=O) groups excluding carboxylic acids is 1. The summed E-state index contributed by atoms with van der Waals surface area (Å²) < 4.78 is 0. The van der Waals surface area contributed by atoms with Gasteiger partial charge >= 0.3 is 0 Å². The molecular weight excluding hydrogens is 328 g/mol. The van der Waals surface area contributed by atoms with Gasteiger partial charge in [-0.25, -0.2) is 0 Å². The number of hydrogen-bond donors (Lipinski definition) is 1. The van der Waals surface area contributed by atoms with E-state index in [1.165, 1.54) is 11.3 Å². The monoisotopic (exact) mass is 346 g/mol. The average molecular weight is 346 g/mol. The van der Waals surface area contributed by atoms with Gasteiger partial charge in [0.2, 0.25) is 0 Å². The molecular formula is C21H18N2OS. The van der Waals surface area contributed by atoms with E-state index in [1.54, 1.807) is 0 Å². The summed E-state index contributed by atoms with van der Waals surface area (Å²) in [5, 5.41) is 12.9. The van der Waals surface area contributed by atoms with Crippen molar-refractivity contribution >= 4 is 22.2 Å². The third kappa shape index (κ3) is 3.47. The number of rotatable bonds is 4. The number of thiophene rings is 1. The first kappa shape index (κ1) is 16.9. The molecule has 25 heavy (non-hydrogen) atoms. The Morgan fingerprint density at radius 2 is 1.72 bits per heavy atom. The highest BCUT2D eigenvalue weighted by atomic mass is 32.1. The van der Waals surface area contributed by atoms with Gasteiger partial charge in [0.1, 0.15) is 11.1 Å². The fourth-order valence-corrected chi connectivity index (χ4v) is 3.92. The van der Waals surface area contributed by atoms with Crippen LogP contribution in [0.4, 0.5) is 5.00 Å². The Bertz CT molecular complexity index is 935. The zero-order chi connectivity index (χ0) is 17.8. The number of nitrogens with one attached hydrogen (secondary N) is 1. The number of benzene rings is 2. The van der Waals surface area contributed by atoms with Gasteiger partial charge in [0.05, 0.1) is 5.56 Å². The summed E-state index contributed by atoms with van der Waals surface area (Å²) in [7, 11) is 0. The number of hydrogen-bond acceptors (Lipinski definition) is 3. The molecule has 3 nitrogen and oxygen atoms in total. The minimum atomic E-state index is -0.194. The molecule has 0 bridgehead atoms. The van der Waals surface area contributed by atoms with E-state index in [-0.39, 0.29) is 5.91 Å². The smallest absolute Gasteiger partial charge is 0.256 e. The highest BCUT2D eigenvalue weighted by molar-refractivity contribution is 7.16. The van der Waals surface area contributed by atoms with E-state index >= 15 is 0 Å². The summed E-state index contributed by atoms with van der Waals surface area (Å²) in [5.74, 6) is -0.194. The largest absolute Gasteiger partial charge is 0.312 e.